The summed E-state index contributed by atoms with van der Waals surface area (Å²) < 4.78 is 6.86. The van der Waals surface area contributed by atoms with Crippen molar-refractivity contribution in [3.8, 4) is 5.82 Å². The molecule has 0 bridgehead atoms. The van der Waals surface area contributed by atoms with Gasteiger partial charge in [-0.3, -0.25) is 9.36 Å². The van der Waals surface area contributed by atoms with Crippen LogP contribution in [-0.4, -0.2) is 61.7 Å². The molecule has 0 N–H and O–H groups in total. The molecule has 9 heteroatoms. The normalized spacial score (nSPS) is 14.8. The maximum atomic E-state index is 12.3. The molecular formula is C16H17N7O2. The molecule has 1 saturated heterocycles. The Labute approximate surface area is 143 Å². The number of rotatable bonds is 3. The number of carbonyl (C=O) groups excluding carboxylic acids is 1. The molecule has 0 aliphatic carbocycles. The van der Waals surface area contributed by atoms with Crippen LogP contribution in [0.5, 0.6) is 0 Å². The molecule has 1 amide bonds. The number of hydrogen-bond acceptors (Lipinski definition) is 7. The monoisotopic (exact) mass is 339 g/mol. The molecule has 1 aliphatic rings. The summed E-state index contributed by atoms with van der Waals surface area (Å²) >= 11 is 0. The molecule has 0 saturated carbocycles. The molecule has 25 heavy (non-hydrogen) atoms. The van der Waals surface area contributed by atoms with Gasteiger partial charge in [-0.2, -0.15) is 0 Å². The first kappa shape index (κ1) is 15.3. The topological polar surface area (TPSA) is 93.2 Å². The Morgan fingerprint density at radius 2 is 1.88 bits per heavy atom. The molecule has 4 heterocycles. The lowest BCUT2D eigenvalue weighted by Crippen LogP contribution is -2.49. The molecule has 128 valence electrons. The second-order valence-electron chi connectivity index (χ2n) is 5.73. The molecule has 0 atom stereocenters. The Balaban J connectivity index is 1.46. The summed E-state index contributed by atoms with van der Waals surface area (Å²) in [5.74, 6) is 2.63. The van der Waals surface area contributed by atoms with Crippen molar-refractivity contribution in [2.24, 2.45) is 0 Å². The number of nitrogens with zero attached hydrogens (tertiary/aromatic N) is 7. The minimum Gasteiger partial charge on any atom is -0.353 e. The van der Waals surface area contributed by atoms with Crippen molar-refractivity contribution in [3.05, 3.63) is 48.6 Å². The SMILES string of the molecule is Cc1nccn1-c1cc(N2CCN(C(=O)c3ccno3)CC2)ncn1. The van der Waals surface area contributed by atoms with Crippen molar-refractivity contribution in [3.63, 3.8) is 0 Å². The number of carbonyl (C=O) groups is 1. The first-order valence-corrected chi connectivity index (χ1v) is 7.99. The Kier molecular flexibility index (Phi) is 3.88. The Morgan fingerprint density at radius 1 is 1.08 bits per heavy atom. The quantitative estimate of drug-likeness (QED) is 0.700. The van der Waals surface area contributed by atoms with Crippen LogP contribution in [0.3, 0.4) is 0 Å². The van der Waals surface area contributed by atoms with Crippen LogP contribution >= 0.6 is 0 Å². The predicted molar refractivity (Wildman–Crippen MR) is 88.5 cm³/mol. The van der Waals surface area contributed by atoms with E-state index < -0.39 is 0 Å². The van der Waals surface area contributed by atoms with Crippen LogP contribution in [0.25, 0.3) is 5.82 Å². The summed E-state index contributed by atoms with van der Waals surface area (Å²) in [4.78, 5) is 29.1. The van der Waals surface area contributed by atoms with Crippen molar-refractivity contribution in [2.75, 3.05) is 31.1 Å². The zero-order valence-corrected chi connectivity index (χ0v) is 13.7. The number of amides is 1. The molecular weight excluding hydrogens is 322 g/mol. The molecule has 3 aromatic heterocycles. The molecule has 1 aliphatic heterocycles. The van der Waals surface area contributed by atoms with Gasteiger partial charge in [0.25, 0.3) is 5.91 Å². The maximum Gasteiger partial charge on any atom is 0.292 e. The number of hydrogen-bond donors (Lipinski definition) is 0. The van der Waals surface area contributed by atoms with Gasteiger partial charge in [-0.15, -0.1) is 0 Å². The van der Waals surface area contributed by atoms with Gasteiger partial charge in [0, 0.05) is 50.7 Å². The van der Waals surface area contributed by atoms with E-state index in [0.29, 0.717) is 26.2 Å². The van der Waals surface area contributed by atoms with Gasteiger partial charge in [0.15, 0.2) is 0 Å². The lowest BCUT2D eigenvalue weighted by atomic mass is 10.3. The maximum absolute atomic E-state index is 12.3. The van der Waals surface area contributed by atoms with Crippen molar-refractivity contribution < 1.29 is 9.32 Å². The smallest absolute Gasteiger partial charge is 0.292 e. The van der Waals surface area contributed by atoms with Gasteiger partial charge in [0.1, 0.15) is 23.8 Å². The van der Waals surface area contributed by atoms with E-state index in [1.165, 1.54) is 6.20 Å². The summed E-state index contributed by atoms with van der Waals surface area (Å²) in [6.45, 7) is 4.51. The zero-order valence-electron chi connectivity index (χ0n) is 13.7. The highest BCUT2D eigenvalue weighted by Gasteiger charge is 2.25. The summed E-state index contributed by atoms with van der Waals surface area (Å²) in [5.41, 5.74) is 0. The third kappa shape index (κ3) is 2.95. The molecule has 0 spiro atoms. The van der Waals surface area contributed by atoms with Gasteiger partial charge >= 0.3 is 0 Å². The molecule has 0 aromatic carbocycles. The van der Waals surface area contributed by atoms with E-state index in [1.54, 1.807) is 23.5 Å². The Morgan fingerprint density at radius 3 is 2.56 bits per heavy atom. The van der Waals surface area contributed by atoms with E-state index in [0.717, 1.165) is 17.5 Å². The molecule has 9 nitrogen and oxygen atoms in total. The van der Waals surface area contributed by atoms with E-state index >= 15 is 0 Å². The summed E-state index contributed by atoms with van der Waals surface area (Å²) in [7, 11) is 0. The fourth-order valence-corrected chi connectivity index (χ4v) is 2.88. The van der Waals surface area contributed by atoms with E-state index in [9.17, 15) is 4.79 Å². The molecule has 0 unspecified atom stereocenters. The highest BCUT2D eigenvalue weighted by atomic mass is 16.5. The average molecular weight is 339 g/mol. The minimum atomic E-state index is -0.130. The molecule has 3 aromatic rings. The zero-order chi connectivity index (χ0) is 17.2. The van der Waals surface area contributed by atoms with Crippen LogP contribution in [0.2, 0.25) is 0 Å². The van der Waals surface area contributed by atoms with Gasteiger partial charge < -0.3 is 14.3 Å². The van der Waals surface area contributed by atoms with Gasteiger partial charge in [-0.05, 0) is 6.92 Å². The van der Waals surface area contributed by atoms with Crippen molar-refractivity contribution in [2.45, 2.75) is 6.92 Å². The standard InChI is InChI=1S/C16H17N7O2/c1-12-17-4-5-23(12)15-10-14(18-11-19-15)21-6-8-22(9-7-21)16(24)13-2-3-20-25-13/h2-5,10-11H,6-9H2,1H3. The largest absolute Gasteiger partial charge is 0.353 e. The molecule has 1 fully saturated rings. The Hall–Kier alpha value is -3.23. The van der Waals surface area contributed by atoms with E-state index in [4.69, 9.17) is 4.52 Å². The fraction of sp³-hybridized carbons (Fsp3) is 0.312. The van der Waals surface area contributed by atoms with Crippen LogP contribution < -0.4 is 4.90 Å². The number of aromatic nitrogens is 5. The van der Waals surface area contributed by atoms with Crippen LogP contribution in [-0.2, 0) is 0 Å². The summed E-state index contributed by atoms with van der Waals surface area (Å²) in [5, 5.41) is 3.58. The van der Waals surface area contributed by atoms with Crippen molar-refractivity contribution >= 4 is 11.7 Å². The second-order valence-corrected chi connectivity index (χ2v) is 5.73. The van der Waals surface area contributed by atoms with Gasteiger partial charge in [0.05, 0.1) is 6.20 Å². The highest BCUT2D eigenvalue weighted by Crippen LogP contribution is 2.17. The van der Waals surface area contributed by atoms with Crippen molar-refractivity contribution in [1.82, 2.24) is 29.6 Å². The van der Waals surface area contributed by atoms with Crippen LogP contribution in [0, 0.1) is 6.92 Å². The van der Waals surface area contributed by atoms with Gasteiger partial charge in [-0.1, -0.05) is 5.16 Å². The first-order chi connectivity index (χ1) is 12.2. The lowest BCUT2D eigenvalue weighted by Gasteiger charge is -2.34. The predicted octanol–water partition coefficient (Wildman–Crippen LogP) is 0.921. The van der Waals surface area contributed by atoms with Crippen LogP contribution in [0.15, 0.2) is 41.6 Å². The average Bonchev–Trinajstić information content (AvgIpc) is 3.33. The number of piperazine rings is 1. The minimum absolute atomic E-state index is 0.130. The van der Waals surface area contributed by atoms with Crippen LogP contribution in [0.1, 0.15) is 16.4 Å². The van der Waals surface area contributed by atoms with Gasteiger partial charge in [-0.25, -0.2) is 15.0 Å². The van der Waals surface area contributed by atoms with Gasteiger partial charge in [0.2, 0.25) is 5.76 Å². The van der Waals surface area contributed by atoms with E-state index in [-0.39, 0.29) is 11.7 Å². The van der Waals surface area contributed by atoms with E-state index in [2.05, 4.69) is 25.0 Å². The summed E-state index contributed by atoms with van der Waals surface area (Å²) in [6.07, 6.45) is 6.64. The highest BCUT2D eigenvalue weighted by molar-refractivity contribution is 5.91. The fourth-order valence-electron chi connectivity index (χ4n) is 2.88. The Bertz CT molecular complexity index is 866. The lowest BCUT2D eigenvalue weighted by molar-refractivity contribution is 0.0704. The number of anilines is 1. The molecule has 0 radical (unpaired) electrons. The summed E-state index contributed by atoms with van der Waals surface area (Å²) in [6, 6.07) is 3.52. The number of aryl methyl sites for hydroxylation is 1. The third-order valence-corrected chi connectivity index (χ3v) is 4.25. The van der Waals surface area contributed by atoms with Crippen LogP contribution in [0.4, 0.5) is 5.82 Å². The van der Waals surface area contributed by atoms with E-state index in [1.807, 2.05) is 23.8 Å². The number of imidazole rings is 1. The first-order valence-electron chi connectivity index (χ1n) is 7.99. The van der Waals surface area contributed by atoms with Crippen molar-refractivity contribution in [1.29, 1.82) is 0 Å². The molecule has 4 rings (SSSR count). The second kappa shape index (κ2) is 6.34. The third-order valence-electron chi connectivity index (χ3n) is 4.25.